The van der Waals surface area contributed by atoms with Crippen LogP contribution >= 0.6 is 0 Å². The zero-order valence-corrected chi connectivity index (χ0v) is 27.9. The van der Waals surface area contributed by atoms with Gasteiger partial charge in [0.1, 0.15) is 11.2 Å². The molecule has 50 heavy (non-hydrogen) atoms. The Morgan fingerprint density at radius 3 is 2.34 bits per heavy atom. The molecule has 0 fully saturated rings. The molecule has 4 aromatic carbocycles. The molecular weight excluding hydrogens is 611 g/mol. The molecule has 0 bridgehead atoms. The number of aromatic nitrogens is 3. The highest BCUT2D eigenvalue weighted by Gasteiger charge is 2.25. The summed E-state index contributed by atoms with van der Waals surface area (Å²) in [5, 5.41) is 2.09. The van der Waals surface area contributed by atoms with E-state index < -0.39 is 0 Å². The summed E-state index contributed by atoms with van der Waals surface area (Å²) in [6, 6.07) is 31.3. The van der Waals surface area contributed by atoms with Crippen molar-refractivity contribution in [2.24, 2.45) is 5.92 Å². The molecule has 3 aliphatic rings. The molecule has 4 nitrogen and oxygen atoms in total. The fourth-order valence-corrected chi connectivity index (χ4v) is 7.28. The first-order chi connectivity index (χ1) is 24.7. The number of nitrogens with zero attached hydrogens (tertiary/aromatic N) is 3. The van der Waals surface area contributed by atoms with Crippen molar-refractivity contribution in [3.8, 4) is 22.8 Å². The minimum Gasteiger partial charge on any atom is -0.456 e. The lowest BCUT2D eigenvalue weighted by molar-refractivity contribution is 0.669. The van der Waals surface area contributed by atoms with Gasteiger partial charge in [0, 0.05) is 27.8 Å². The number of furan rings is 1. The smallest absolute Gasteiger partial charge is 0.165 e. The molecule has 240 valence electrons. The first-order valence-corrected chi connectivity index (χ1v) is 17.3. The Hall–Kier alpha value is -6.13. The van der Waals surface area contributed by atoms with Gasteiger partial charge in [-0.15, -0.1) is 0 Å². The third-order valence-corrected chi connectivity index (χ3v) is 10.0. The van der Waals surface area contributed by atoms with Gasteiger partial charge in [-0.05, 0) is 77.3 Å². The Labute approximate surface area is 292 Å². The van der Waals surface area contributed by atoms with Gasteiger partial charge in [0.2, 0.25) is 0 Å². The van der Waals surface area contributed by atoms with Crippen molar-refractivity contribution in [3.05, 3.63) is 179 Å². The number of fused-ring (bicyclic) bond motifs is 4. The van der Waals surface area contributed by atoms with E-state index in [0.717, 1.165) is 63.5 Å². The predicted molar refractivity (Wildman–Crippen MR) is 206 cm³/mol. The van der Waals surface area contributed by atoms with E-state index in [1.807, 2.05) is 30.3 Å². The van der Waals surface area contributed by atoms with Gasteiger partial charge in [-0.2, -0.15) is 0 Å². The Bertz CT molecular complexity index is 2520. The zero-order valence-electron chi connectivity index (χ0n) is 27.9. The number of para-hydroxylation sites is 1. The summed E-state index contributed by atoms with van der Waals surface area (Å²) in [5.74, 6) is 2.34. The van der Waals surface area contributed by atoms with Crippen LogP contribution < -0.4 is 0 Å². The third kappa shape index (κ3) is 5.59. The molecule has 0 radical (unpaired) electrons. The van der Waals surface area contributed by atoms with Gasteiger partial charge in [-0.3, -0.25) is 0 Å². The summed E-state index contributed by atoms with van der Waals surface area (Å²) in [5.41, 5.74) is 12.3. The number of benzene rings is 4. The third-order valence-electron chi connectivity index (χ3n) is 10.0. The molecular formula is C46H35N3O. The summed E-state index contributed by atoms with van der Waals surface area (Å²) in [6.07, 6.45) is 24.8. The lowest BCUT2D eigenvalue weighted by atomic mass is 9.84. The van der Waals surface area contributed by atoms with Crippen LogP contribution in [-0.4, -0.2) is 15.0 Å². The number of hydrogen-bond donors (Lipinski definition) is 0. The maximum absolute atomic E-state index is 6.43. The predicted octanol–water partition coefficient (Wildman–Crippen LogP) is 11.7. The van der Waals surface area contributed by atoms with Crippen LogP contribution in [0.4, 0.5) is 0 Å². The molecule has 0 spiro atoms. The summed E-state index contributed by atoms with van der Waals surface area (Å²) in [6.45, 7) is 2.16. The van der Waals surface area contributed by atoms with Crippen molar-refractivity contribution >= 4 is 39.2 Å². The molecule has 6 aromatic rings. The second kappa shape index (κ2) is 12.7. The van der Waals surface area contributed by atoms with Gasteiger partial charge in [-0.1, -0.05) is 140 Å². The Morgan fingerprint density at radius 1 is 0.660 bits per heavy atom. The van der Waals surface area contributed by atoms with Crippen LogP contribution in [0.5, 0.6) is 0 Å². The largest absolute Gasteiger partial charge is 0.456 e. The van der Waals surface area contributed by atoms with Gasteiger partial charge < -0.3 is 4.42 Å². The summed E-state index contributed by atoms with van der Waals surface area (Å²) in [7, 11) is 0. The second-order valence-electron chi connectivity index (χ2n) is 13.2. The molecule has 2 heterocycles. The van der Waals surface area contributed by atoms with E-state index in [2.05, 4.69) is 128 Å². The molecule has 0 amide bonds. The number of aryl methyl sites for hydroxylation is 1. The van der Waals surface area contributed by atoms with Gasteiger partial charge in [0.25, 0.3) is 0 Å². The molecule has 0 aliphatic heterocycles. The van der Waals surface area contributed by atoms with Crippen LogP contribution in [-0.2, 0) is 0 Å². The van der Waals surface area contributed by atoms with Crippen molar-refractivity contribution in [2.45, 2.75) is 26.2 Å². The van der Waals surface area contributed by atoms with Gasteiger partial charge in [-0.25, -0.2) is 15.0 Å². The number of rotatable bonds is 6. The van der Waals surface area contributed by atoms with Gasteiger partial charge in [0.05, 0.1) is 0 Å². The summed E-state index contributed by atoms with van der Waals surface area (Å²) >= 11 is 0. The Balaban J connectivity index is 1.23. The minimum atomic E-state index is 0.311. The van der Waals surface area contributed by atoms with E-state index in [1.165, 1.54) is 27.8 Å². The summed E-state index contributed by atoms with van der Waals surface area (Å²) in [4.78, 5) is 15.7. The van der Waals surface area contributed by atoms with Gasteiger partial charge >= 0.3 is 0 Å². The highest BCUT2D eigenvalue weighted by molar-refractivity contribution is 6.14. The Morgan fingerprint density at radius 2 is 1.46 bits per heavy atom. The SMILES string of the molecule is Cc1ccccc1/C=C\C1=CC=C(c2ccc3oc4ccccc4c3c2-c2nc(C3=CC=C4C=CC=CC4C3)nc(-c3ccccc3)n2)CC1. The second-order valence-corrected chi connectivity index (χ2v) is 13.2. The number of hydrogen-bond acceptors (Lipinski definition) is 4. The molecule has 3 aliphatic carbocycles. The van der Waals surface area contributed by atoms with E-state index in [9.17, 15) is 0 Å². The highest BCUT2D eigenvalue weighted by Crippen LogP contribution is 2.43. The van der Waals surface area contributed by atoms with Gasteiger partial charge in [0.15, 0.2) is 17.5 Å². The van der Waals surface area contributed by atoms with E-state index in [1.54, 1.807) is 0 Å². The zero-order chi connectivity index (χ0) is 33.4. The maximum Gasteiger partial charge on any atom is 0.165 e. The summed E-state index contributed by atoms with van der Waals surface area (Å²) < 4.78 is 6.43. The van der Waals surface area contributed by atoms with E-state index in [-0.39, 0.29) is 0 Å². The fraction of sp³-hybridized carbons (Fsp3) is 0.109. The molecule has 1 unspecified atom stereocenters. The highest BCUT2D eigenvalue weighted by atomic mass is 16.3. The molecule has 4 heteroatoms. The van der Waals surface area contributed by atoms with Crippen molar-refractivity contribution < 1.29 is 4.42 Å². The molecule has 1 atom stereocenters. The van der Waals surface area contributed by atoms with Crippen molar-refractivity contribution in [2.75, 3.05) is 0 Å². The van der Waals surface area contributed by atoms with E-state index in [0.29, 0.717) is 23.4 Å². The number of allylic oxidation sites excluding steroid dienone is 13. The fourth-order valence-electron chi connectivity index (χ4n) is 7.28. The van der Waals surface area contributed by atoms with E-state index >= 15 is 0 Å². The van der Waals surface area contributed by atoms with Crippen molar-refractivity contribution in [3.63, 3.8) is 0 Å². The molecule has 0 saturated heterocycles. The lowest BCUT2D eigenvalue weighted by Crippen LogP contribution is -2.10. The molecule has 2 aromatic heterocycles. The topological polar surface area (TPSA) is 51.8 Å². The first-order valence-electron chi connectivity index (χ1n) is 17.3. The van der Waals surface area contributed by atoms with Crippen molar-refractivity contribution in [1.82, 2.24) is 15.0 Å². The lowest BCUT2D eigenvalue weighted by Gasteiger charge is -2.22. The average molecular weight is 646 g/mol. The maximum atomic E-state index is 6.43. The molecule has 9 rings (SSSR count). The molecule has 0 saturated carbocycles. The van der Waals surface area contributed by atoms with Crippen LogP contribution in [0.25, 0.3) is 61.9 Å². The molecule has 0 N–H and O–H groups in total. The van der Waals surface area contributed by atoms with Crippen LogP contribution in [0.1, 0.15) is 41.8 Å². The van der Waals surface area contributed by atoms with Crippen LogP contribution in [0.15, 0.2) is 161 Å². The average Bonchev–Trinajstić information content (AvgIpc) is 3.56. The van der Waals surface area contributed by atoms with Crippen LogP contribution in [0.2, 0.25) is 0 Å². The Kier molecular flexibility index (Phi) is 7.62. The standard InChI is InChI=1S/C46H35N3O/c1-30-11-5-6-12-32(30)22-19-31-20-23-34(24-21-31)38-27-28-41-42(39-17-9-10-18-40(39)50-41)43(38)46-48-44(35-14-3-2-4-15-35)47-45(49-46)37-26-25-33-13-7-8-16-36(33)29-37/h2-20,22-23,25-28,36H,21,24,29H2,1H3/b22-19-. The quantitative estimate of drug-likeness (QED) is 0.181. The van der Waals surface area contributed by atoms with Crippen LogP contribution in [0.3, 0.4) is 0 Å². The minimum absolute atomic E-state index is 0.311. The van der Waals surface area contributed by atoms with Crippen LogP contribution in [0, 0.1) is 12.8 Å². The van der Waals surface area contributed by atoms with Crippen molar-refractivity contribution in [1.29, 1.82) is 0 Å². The monoisotopic (exact) mass is 645 g/mol. The first kappa shape index (κ1) is 30.0. The van der Waals surface area contributed by atoms with E-state index in [4.69, 9.17) is 19.4 Å². The normalized spacial score (nSPS) is 17.1.